The van der Waals surface area contributed by atoms with Crippen LogP contribution in [0.15, 0.2) is 48.5 Å². The highest BCUT2D eigenvalue weighted by Gasteiger charge is 2.38. The number of aromatic nitrogens is 4. The van der Waals surface area contributed by atoms with Crippen molar-refractivity contribution in [2.75, 3.05) is 0 Å². The fourth-order valence-corrected chi connectivity index (χ4v) is 3.71. The third kappa shape index (κ3) is 7.09. The standard InChI is InChI=1S/C24H25Cl2N5O5/c1-24(2,3)36-18(32)12-17(27)21(33)20(23(34)35-13-14-8-5-4-6-9-14)31-29-22(28-30-31)19-15(25)10-7-11-16(19)26/h4-11,17,20H,12-13,27H2,1-3H3. The van der Waals surface area contributed by atoms with Crippen molar-refractivity contribution < 1.29 is 23.9 Å². The predicted molar refractivity (Wildman–Crippen MR) is 132 cm³/mol. The summed E-state index contributed by atoms with van der Waals surface area (Å²) in [5.41, 5.74) is 6.19. The van der Waals surface area contributed by atoms with E-state index >= 15 is 0 Å². The molecule has 2 atom stereocenters. The molecule has 3 rings (SSSR count). The molecule has 0 fully saturated rings. The maximum Gasteiger partial charge on any atom is 0.341 e. The van der Waals surface area contributed by atoms with Gasteiger partial charge < -0.3 is 15.2 Å². The zero-order valence-electron chi connectivity index (χ0n) is 19.9. The molecule has 2 unspecified atom stereocenters. The van der Waals surface area contributed by atoms with E-state index in [2.05, 4.69) is 15.4 Å². The summed E-state index contributed by atoms with van der Waals surface area (Å²) in [6, 6.07) is 10.6. The molecule has 0 radical (unpaired) electrons. The minimum absolute atomic E-state index is 0.0139. The normalized spacial score (nSPS) is 13.1. The summed E-state index contributed by atoms with van der Waals surface area (Å²) in [6.07, 6.45) is -0.462. The van der Waals surface area contributed by atoms with Gasteiger partial charge in [0.2, 0.25) is 11.9 Å². The van der Waals surface area contributed by atoms with E-state index < -0.39 is 41.8 Å². The smallest absolute Gasteiger partial charge is 0.341 e. The van der Waals surface area contributed by atoms with Gasteiger partial charge in [0.25, 0.3) is 0 Å². The lowest BCUT2D eigenvalue weighted by Gasteiger charge is -2.21. The molecule has 0 spiro atoms. The molecule has 12 heteroatoms. The Morgan fingerprint density at radius 3 is 2.28 bits per heavy atom. The molecule has 2 aromatic carbocycles. The van der Waals surface area contributed by atoms with Gasteiger partial charge in [0.1, 0.15) is 12.2 Å². The van der Waals surface area contributed by atoms with Crippen molar-refractivity contribution in [1.29, 1.82) is 0 Å². The van der Waals surface area contributed by atoms with Gasteiger partial charge in [0.15, 0.2) is 5.78 Å². The molecule has 0 aliphatic rings. The number of nitrogens with two attached hydrogens (primary N) is 1. The second-order valence-electron chi connectivity index (χ2n) is 8.83. The lowest BCUT2D eigenvalue weighted by molar-refractivity contribution is -0.158. The van der Waals surface area contributed by atoms with Gasteiger partial charge in [-0.3, -0.25) is 9.59 Å². The Hall–Kier alpha value is -3.34. The quantitative estimate of drug-likeness (QED) is 0.322. The van der Waals surface area contributed by atoms with Crippen LogP contribution in [0.5, 0.6) is 0 Å². The fourth-order valence-electron chi connectivity index (χ4n) is 3.14. The van der Waals surface area contributed by atoms with Crippen molar-refractivity contribution in [3.63, 3.8) is 0 Å². The number of nitrogens with zero attached hydrogens (tertiary/aromatic N) is 4. The van der Waals surface area contributed by atoms with E-state index in [4.69, 9.17) is 38.4 Å². The molecule has 3 aromatic rings. The Bertz CT molecular complexity index is 1220. The van der Waals surface area contributed by atoms with Crippen molar-refractivity contribution in [2.24, 2.45) is 5.73 Å². The van der Waals surface area contributed by atoms with E-state index in [1.54, 1.807) is 63.2 Å². The van der Waals surface area contributed by atoms with Gasteiger partial charge in [-0.15, -0.1) is 15.0 Å². The lowest BCUT2D eigenvalue weighted by Crippen LogP contribution is -2.43. The van der Waals surface area contributed by atoms with Crippen molar-refractivity contribution in [3.05, 3.63) is 64.1 Å². The first kappa shape index (κ1) is 27.3. The van der Waals surface area contributed by atoms with Crippen molar-refractivity contribution >= 4 is 40.9 Å². The number of ketones is 1. The van der Waals surface area contributed by atoms with Gasteiger partial charge in [-0.1, -0.05) is 59.6 Å². The van der Waals surface area contributed by atoms with Crippen LogP contribution in [0, 0.1) is 0 Å². The third-order valence-electron chi connectivity index (χ3n) is 4.73. The molecule has 1 aromatic heterocycles. The van der Waals surface area contributed by atoms with Crippen LogP contribution in [-0.4, -0.2) is 49.6 Å². The average molecular weight is 534 g/mol. The van der Waals surface area contributed by atoms with E-state index in [-0.39, 0.29) is 28.0 Å². The first-order valence-electron chi connectivity index (χ1n) is 10.9. The fraction of sp³-hybridized carbons (Fsp3) is 0.333. The minimum Gasteiger partial charge on any atom is -0.460 e. The zero-order chi connectivity index (χ0) is 26.5. The first-order valence-corrected chi connectivity index (χ1v) is 11.7. The molecule has 190 valence electrons. The monoisotopic (exact) mass is 533 g/mol. The lowest BCUT2D eigenvalue weighted by atomic mass is 10.0. The van der Waals surface area contributed by atoms with Crippen LogP contribution < -0.4 is 5.73 Å². The highest BCUT2D eigenvalue weighted by molar-refractivity contribution is 6.38. The second-order valence-corrected chi connectivity index (χ2v) is 9.64. The number of tetrazole rings is 1. The molecular formula is C24H25Cl2N5O5. The Labute approximate surface area is 217 Å². The molecule has 0 bridgehead atoms. The van der Waals surface area contributed by atoms with Crippen LogP contribution in [-0.2, 0) is 30.5 Å². The van der Waals surface area contributed by atoms with Crippen LogP contribution in [0.1, 0.15) is 38.8 Å². The van der Waals surface area contributed by atoms with Crippen molar-refractivity contribution in [1.82, 2.24) is 20.2 Å². The summed E-state index contributed by atoms with van der Waals surface area (Å²) in [4.78, 5) is 39.3. The topological polar surface area (TPSA) is 139 Å². The number of hydrogen-bond acceptors (Lipinski definition) is 9. The molecule has 0 aliphatic carbocycles. The molecule has 0 saturated carbocycles. The SMILES string of the molecule is CC(C)(C)OC(=O)CC(N)C(=O)C(C(=O)OCc1ccccc1)n1nnc(-c2c(Cl)cccc2Cl)n1. The zero-order valence-corrected chi connectivity index (χ0v) is 21.4. The number of Topliss-reactive ketones (excluding diaryl/α,β-unsaturated/α-hetero) is 1. The summed E-state index contributed by atoms with van der Waals surface area (Å²) in [7, 11) is 0. The first-order chi connectivity index (χ1) is 17.0. The van der Waals surface area contributed by atoms with Gasteiger partial charge in [0.05, 0.1) is 28.1 Å². The van der Waals surface area contributed by atoms with Crippen LogP contribution in [0.25, 0.3) is 11.4 Å². The van der Waals surface area contributed by atoms with Crippen LogP contribution in [0.4, 0.5) is 0 Å². The van der Waals surface area contributed by atoms with Gasteiger partial charge in [-0.05, 0) is 43.7 Å². The number of halogens is 2. The highest BCUT2D eigenvalue weighted by atomic mass is 35.5. The Kier molecular flexibility index (Phi) is 8.78. The number of esters is 2. The van der Waals surface area contributed by atoms with Gasteiger partial charge >= 0.3 is 11.9 Å². The van der Waals surface area contributed by atoms with Crippen molar-refractivity contribution in [3.8, 4) is 11.4 Å². The second kappa shape index (κ2) is 11.6. The number of benzene rings is 2. The minimum atomic E-state index is -1.71. The van der Waals surface area contributed by atoms with E-state index in [0.717, 1.165) is 4.80 Å². The Morgan fingerprint density at radius 2 is 1.67 bits per heavy atom. The van der Waals surface area contributed by atoms with Gasteiger partial charge in [0, 0.05) is 0 Å². The molecule has 0 amide bonds. The summed E-state index contributed by atoms with van der Waals surface area (Å²) >= 11 is 12.4. The molecular weight excluding hydrogens is 509 g/mol. The number of carbonyl (C=O) groups excluding carboxylic acids is 3. The predicted octanol–water partition coefficient (Wildman–Crippen LogP) is 3.56. The number of ether oxygens (including phenoxy) is 2. The molecule has 10 nitrogen and oxygen atoms in total. The van der Waals surface area contributed by atoms with Crippen LogP contribution >= 0.6 is 23.2 Å². The van der Waals surface area contributed by atoms with E-state index in [1.165, 1.54) is 0 Å². The average Bonchev–Trinajstić information content (AvgIpc) is 3.26. The Balaban J connectivity index is 1.89. The van der Waals surface area contributed by atoms with E-state index in [0.29, 0.717) is 5.56 Å². The van der Waals surface area contributed by atoms with Crippen LogP contribution in [0.2, 0.25) is 10.0 Å². The maximum absolute atomic E-state index is 13.3. The largest absolute Gasteiger partial charge is 0.460 e. The third-order valence-corrected chi connectivity index (χ3v) is 5.36. The number of carbonyl (C=O) groups is 3. The number of rotatable bonds is 9. The summed E-state index contributed by atoms with van der Waals surface area (Å²) < 4.78 is 10.6. The highest BCUT2D eigenvalue weighted by Crippen LogP contribution is 2.32. The molecule has 2 N–H and O–H groups in total. The van der Waals surface area contributed by atoms with Crippen molar-refractivity contribution in [2.45, 2.75) is 51.5 Å². The molecule has 36 heavy (non-hydrogen) atoms. The summed E-state index contributed by atoms with van der Waals surface area (Å²) in [6.45, 7) is 4.94. The molecule has 0 saturated heterocycles. The molecule has 1 heterocycles. The number of hydrogen-bond donors (Lipinski definition) is 1. The summed E-state index contributed by atoms with van der Waals surface area (Å²) in [5, 5.41) is 12.4. The maximum atomic E-state index is 13.3. The Morgan fingerprint density at radius 1 is 1.03 bits per heavy atom. The van der Waals surface area contributed by atoms with E-state index in [9.17, 15) is 14.4 Å². The van der Waals surface area contributed by atoms with E-state index in [1.807, 2.05) is 6.07 Å². The van der Waals surface area contributed by atoms with Gasteiger partial charge in [-0.25, -0.2) is 4.79 Å². The summed E-state index contributed by atoms with van der Waals surface area (Å²) in [5.74, 6) is -2.54. The van der Waals surface area contributed by atoms with Gasteiger partial charge in [-0.2, -0.15) is 0 Å². The van der Waals surface area contributed by atoms with Crippen LogP contribution in [0.3, 0.4) is 0 Å². The molecule has 0 aliphatic heterocycles.